The maximum Gasteiger partial charge on any atom is 0.416 e. The fourth-order valence-corrected chi connectivity index (χ4v) is 4.74. The second-order valence-electron chi connectivity index (χ2n) is 5.45. The first-order valence-corrected chi connectivity index (χ1v) is 8.57. The number of likely N-dealkylation sites (N-methyl/N-ethyl adjacent to an activating group) is 1. The van der Waals surface area contributed by atoms with Gasteiger partial charge >= 0.3 is 6.18 Å². The summed E-state index contributed by atoms with van der Waals surface area (Å²) in [5.41, 5.74) is -0.150. The molecule has 0 aliphatic carbocycles. The highest BCUT2D eigenvalue weighted by molar-refractivity contribution is 7.91. The monoisotopic (exact) mass is 321 g/mol. The summed E-state index contributed by atoms with van der Waals surface area (Å²) in [4.78, 5) is 0. The van der Waals surface area contributed by atoms with Crippen LogP contribution in [0.15, 0.2) is 24.3 Å². The van der Waals surface area contributed by atoms with Gasteiger partial charge in [-0.25, -0.2) is 8.42 Å². The minimum atomic E-state index is -4.39. The lowest BCUT2D eigenvalue weighted by molar-refractivity contribution is -0.137. The van der Waals surface area contributed by atoms with Crippen LogP contribution in [-0.4, -0.2) is 33.5 Å². The molecule has 21 heavy (non-hydrogen) atoms. The molecule has 2 rings (SSSR count). The number of sulfone groups is 1. The summed E-state index contributed by atoms with van der Waals surface area (Å²) in [7, 11) is -1.34. The lowest BCUT2D eigenvalue weighted by Crippen LogP contribution is -2.25. The van der Waals surface area contributed by atoms with Crippen LogP contribution in [0, 0.1) is 5.92 Å². The summed E-state index contributed by atoms with van der Waals surface area (Å²) in [5.74, 6) is -0.188. The molecule has 0 amide bonds. The van der Waals surface area contributed by atoms with Crippen LogP contribution in [0.4, 0.5) is 13.2 Å². The van der Waals surface area contributed by atoms with Crippen LogP contribution in [0.25, 0.3) is 0 Å². The minimum Gasteiger partial charge on any atom is -0.319 e. The standard InChI is InChI=1S/C14H18F3NO2S/c1-18-8-13(11-5-6-21(19,20)9-11)10-3-2-4-12(7-10)14(15,16)17/h2-4,7,11,13,18H,5-6,8-9H2,1H3. The van der Waals surface area contributed by atoms with Crippen LogP contribution < -0.4 is 5.32 Å². The molecule has 1 aliphatic rings. The summed E-state index contributed by atoms with van der Waals surface area (Å²) < 4.78 is 61.6. The maximum absolute atomic E-state index is 12.8. The average Bonchev–Trinajstić information content (AvgIpc) is 2.75. The van der Waals surface area contributed by atoms with Crippen molar-refractivity contribution in [1.29, 1.82) is 0 Å². The predicted molar refractivity (Wildman–Crippen MR) is 74.9 cm³/mol. The Bertz CT molecular complexity index is 598. The van der Waals surface area contributed by atoms with Gasteiger partial charge in [0.25, 0.3) is 0 Å². The number of nitrogens with one attached hydrogen (secondary N) is 1. The van der Waals surface area contributed by atoms with E-state index in [2.05, 4.69) is 5.32 Å². The van der Waals surface area contributed by atoms with E-state index < -0.39 is 21.6 Å². The molecule has 1 saturated heterocycles. The number of hydrogen-bond donors (Lipinski definition) is 1. The van der Waals surface area contributed by atoms with Gasteiger partial charge in [0.2, 0.25) is 0 Å². The van der Waals surface area contributed by atoms with E-state index in [0.717, 1.165) is 12.1 Å². The molecule has 118 valence electrons. The first-order valence-electron chi connectivity index (χ1n) is 6.75. The molecule has 0 bridgehead atoms. The van der Waals surface area contributed by atoms with Gasteiger partial charge < -0.3 is 5.32 Å². The zero-order valence-corrected chi connectivity index (χ0v) is 12.5. The molecule has 1 fully saturated rings. The summed E-state index contributed by atoms with van der Waals surface area (Å²) in [6, 6.07) is 5.19. The largest absolute Gasteiger partial charge is 0.416 e. The molecule has 0 aromatic heterocycles. The second-order valence-corrected chi connectivity index (χ2v) is 7.68. The van der Waals surface area contributed by atoms with E-state index in [1.807, 2.05) is 0 Å². The van der Waals surface area contributed by atoms with E-state index in [1.165, 1.54) is 6.07 Å². The Hall–Kier alpha value is -1.08. The van der Waals surface area contributed by atoms with Gasteiger partial charge in [-0.2, -0.15) is 13.2 Å². The van der Waals surface area contributed by atoms with E-state index in [9.17, 15) is 21.6 Å². The topological polar surface area (TPSA) is 46.2 Å². The molecule has 7 heteroatoms. The van der Waals surface area contributed by atoms with Crippen molar-refractivity contribution in [1.82, 2.24) is 5.32 Å². The van der Waals surface area contributed by atoms with Crippen LogP contribution >= 0.6 is 0 Å². The van der Waals surface area contributed by atoms with Crippen LogP contribution in [0.5, 0.6) is 0 Å². The Labute approximate surface area is 122 Å². The Morgan fingerprint density at radius 1 is 1.38 bits per heavy atom. The Balaban J connectivity index is 2.31. The van der Waals surface area contributed by atoms with Crippen molar-refractivity contribution in [3.8, 4) is 0 Å². The van der Waals surface area contributed by atoms with Crippen molar-refractivity contribution in [3.63, 3.8) is 0 Å². The SMILES string of the molecule is CNCC(c1cccc(C(F)(F)F)c1)C1CCS(=O)(=O)C1. The van der Waals surface area contributed by atoms with Gasteiger partial charge in [-0.15, -0.1) is 0 Å². The Kier molecular flexibility index (Phi) is 4.63. The van der Waals surface area contributed by atoms with E-state index in [0.29, 0.717) is 18.5 Å². The van der Waals surface area contributed by atoms with Crippen molar-refractivity contribution in [2.24, 2.45) is 5.92 Å². The van der Waals surface area contributed by atoms with Crippen molar-refractivity contribution >= 4 is 9.84 Å². The molecule has 1 heterocycles. The molecule has 0 spiro atoms. The van der Waals surface area contributed by atoms with Gasteiger partial charge in [-0.3, -0.25) is 0 Å². The van der Waals surface area contributed by atoms with Gasteiger partial charge in [0.05, 0.1) is 17.1 Å². The molecule has 1 aromatic rings. The van der Waals surface area contributed by atoms with E-state index >= 15 is 0 Å². The lowest BCUT2D eigenvalue weighted by Gasteiger charge is -2.23. The maximum atomic E-state index is 12.8. The van der Waals surface area contributed by atoms with Gasteiger partial charge in [0.15, 0.2) is 9.84 Å². The lowest BCUT2D eigenvalue weighted by atomic mass is 9.85. The molecular weight excluding hydrogens is 303 g/mol. The molecule has 2 unspecified atom stereocenters. The van der Waals surface area contributed by atoms with E-state index in [-0.39, 0.29) is 23.3 Å². The zero-order chi connectivity index (χ0) is 15.7. The molecule has 1 aromatic carbocycles. The smallest absolute Gasteiger partial charge is 0.319 e. The van der Waals surface area contributed by atoms with Crippen molar-refractivity contribution in [2.75, 3.05) is 25.1 Å². The highest BCUT2D eigenvalue weighted by Gasteiger charge is 2.36. The molecule has 3 nitrogen and oxygen atoms in total. The molecule has 1 aliphatic heterocycles. The molecule has 0 saturated carbocycles. The number of halogens is 3. The van der Waals surface area contributed by atoms with E-state index in [1.54, 1.807) is 13.1 Å². The average molecular weight is 321 g/mol. The third kappa shape index (κ3) is 3.97. The quantitative estimate of drug-likeness (QED) is 0.926. The predicted octanol–water partition coefficient (Wildman–Crippen LogP) is 2.44. The van der Waals surface area contributed by atoms with Crippen LogP contribution in [0.1, 0.15) is 23.5 Å². The summed E-state index contributed by atoms with van der Waals surface area (Å²) >= 11 is 0. The van der Waals surface area contributed by atoms with Gasteiger partial charge in [0.1, 0.15) is 0 Å². The molecular formula is C14H18F3NO2S. The molecule has 0 radical (unpaired) electrons. The number of benzene rings is 1. The minimum absolute atomic E-state index is 0.0512. The first kappa shape index (κ1) is 16.3. The molecule has 2 atom stereocenters. The fourth-order valence-electron chi connectivity index (χ4n) is 2.86. The second kappa shape index (κ2) is 5.96. The summed E-state index contributed by atoms with van der Waals surface area (Å²) in [6.45, 7) is 0.460. The number of alkyl halides is 3. The van der Waals surface area contributed by atoms with E-state index in [4.69, 9.17) is 0 Å². The Morgan fingerprint density at radius 3 is 2.62 bits per heavy atom. The first-order chi connectivity index (χ1) is 9.73. The highest BCUT2D eigenvalue weighted by Crippen LogP contribution is 2.36. The third-order valence-electron chi connectivity index (χ3n) is 3.90. The van der Waals surface area contributed by atoms with Crippen molar-refractivity contribution in [2.45, 2.75) is 18.5 Å². The Morgan fingerprint density at radius 2 is 2.10 bits per heavy atom. The van der Waals surface area contributed by atoms with Crippen LogP contribution in [0.2, 0.25) is 0 Å². The van der Waals surface area contributed by atoms with Crippen molar-refractivity contribution in [3.05, 3.63) is 35.4 Å². The van der Waals surface area contributed by atoms with Gasteiger partial charge in [0, 0.05) is 12.5 Å². The molecule has 1 N–H and O–H groups in total. The van der Waals surface area contributed by atoms with Gasteiger partial charge in [-0.05, 0) is 31.0 Å². The number of rotatable bonds is 4. The summed E-state index contributed by atoms with van der Waals surface area (Å²) in [6.07, 6.45) is -3.88. The zero-order valence-electron chi connectivity index (χ0n) is 11.7. The fraction of sp³-hybridized carbons (Fsp3) is 0.571. The van der Waals surface area contributed by atoms with Gasteiger partial charge in [-0.1, -0.05) is 18.2 Å². The van der Waals surface area contributed by atoms with Crippen LogP contribution in [-0.2, 0) is 16.0 Å². The number of hydrogen-bond acceptors (Lipinski definition) is 3. The van der Waals surface area contributed by atoms with Crippen LogP contribution in [0.3, 0.4) is 0 Å². The summed E-state index contributed by atoms with van der Waals surface area (Å²) in [5, 5.41) is 2.95. The highest BCUT2D eigenvalue weighted by atomic mass is 32.2. The normalized spacial score (nSPS) is 23.1. The third-order valence-corrected chi connectivity index (χ3v) is 5.70. The van der Waals surface area contributed by atoms with Crippen molar-refractivity contribution < 1.29 is 21.6 Å².